The Balaban J connectivity index is 1.85. The van der Waals surface area contributed by atoms with Crippen molar-refractivity contribution < 1.29 is 0 Å². The lowest BCUT2D eigenvalue weighted by Crippen LogP contribution is -2.32. The molecule has 2 rings (SSSR count). The molecule has 0 amide bonds. The van der Waals surface area contributed by atoms with Crippen LogP contribution >= 0.6 is 0 Å². The van der Waals surface area contributed by atoms with E-state index in [2.05, 4.69) is 55.1 Å². The Morgan fingerprint density at radius 3 is 2.83 bits per heavy atom. The molecule has 1 heterocycles. The molecule has 0 spiro atoms. The van der Waals surface area contributed by atoms with Crippen molar-refractivity contribution in [3.63, 3.8) is 0 Å². The van der Waals surface area contributed by atoms with Gasteiger partial charge in [0.05, 0.1) is 5.69 Å². The van der Waals surface area contributed by atoms with E-state index in [0.29, 0.717) is 12.1 Å². The lowest BCUT2D eigenvalue weighted by atomic mass is 9.98. The van der Waals surface area contributed by atoms with Crippen molar-refractivity contribution in [1.82, 2.24) is 15.1 Å². The maximum Gasteiger partial charge on any atom is 0.0762 e. The first-order valence-corrected chi connectivity index (χ1v) is 7.39. The quantitative estimate of drug-likeness (QED) is 0.867. The summed E-state index contributed by atoms with van der Waals surface area (Å²) in [6.45, 7) is 10.1. The van der Waals surface area contributed by atoms with Gasteiger partial charge in [0.2, 0.25) is 0 Å². The van der Waals surface area contributed by atoms with Gasteiger partial charge in [-0.1, -0.05) is 20.8 Å². The topological polar surface area (TPSA) is 29.9 Å². The highest BCUT2D eigenvalue weighted by Crippen LogP contribution is 2.31. The van der Waals surface area contributed by atoms with Gasteiger partial charge in [-0.2, -0.15) is 5.10 Å². The van der Waals surface area contributed by atoms with Crippen molar-refractivity contribution in [2.75, 3.05) is 0 Å². The fourth-order valence-electron chi connectivity index (χ4n) is 2.79. The summed E-state index contributed by atoms with van der Waals surface area (Å²) in [5, 5.41) is 8.31. The van der Waals surface area contributed by atoms with Crippen LogP contribution in [0.2, 0.25) is 0 Å². The maximum absolute atomic E-state index is 4.64. The van der Waals surface area contributed by atoms with Gasteiger partial charge in [0, 0.05) is 24.8 Å². The molecule has 1 N–H and O–H groups in total. The number of hydrogen-bond donors (Lipinski definition) is 1. The van der Waals surface area contributed by atoms with E-state index >= 15 is 0 Å². The highest BCUT2D eigenvalue weighted by Gasteiger charge is 2.29. The normalized spacial score (nSPS) is 29.7. The Kier molecular flexibility index (Phi) is 4.44. The number of rotatable bonds is 5. The van der Waals surface area contributed by atoms with Crippen LogP contribution in [0.5, 0.6) is 0 Å². The minimum absolute atomic E-state index is 0.504. The van der Waals surface area contributed by atoms with E-state index in [-0.39, 0.29) is 0 Å². The van der Waals surface area contributed by atoms with Crippen molar-refractivity contribution in [2.24, 2.45) is 11.8 Å². The lowest BCUT2D eigenvalue weighted by Gasteiger charge is -2.19. The van der Waals surface area contributed by atoms with E-state index in [1.165, 1.54) is 18.5 Å². The summed E-state index contributed by atoms with van der Waals surface area (Å²) < 4.78 is 2.08. The summed E-state index contributed by atoms with van der Waals surface area (Å²) >= 11 is 0. The van der Waals surface area contributed by atoms with Gasteiger partial charge in [-0.25, -0.2) is 0 Å². The number of aromatic nitrogens is 2. The van der Waals surface area contributed by atoms with Crippen molar-refractivity contribution in [2.45, 2.75) is 65.6 Å². The Labute approximate surface area is 111 Å². The molecule has 1 aliphatic carbocycles. The second-order valence-electron chi connectivity index (χ2n) is 5.95. The van der Waals surface area contributed by atoms with Crippen LogP contribution in [0.3, 0.4) is 0 Å². The molecule has 1 aliphatic rings. The Bertz CT molecular complexity index is 372. The summed E-state index contributed by atoms with van der Waals surface area (Å²) in [6, 6.07) is 3.32. The number of nitrogens with one attached hydrogen (secondary N) is 1. The van der Waals surface area contributed by atoms with Gasteiger partial charge in [0.15, 0.2) is 0 Å². The Morgan fingerprint density at radius 1 is 1.44 bits per heavy atom. The zero-order chi connectivity index (χ0) is 13.1. The first-order valence-electron chi connectivity index (χ1n) is 7.39. The fraction of sp³-hybridized carbons (Fsp3) is 0.800. The Hall–Kier alpha value is -0.830. The molecular weight excluding hydrogens is 222 g/mol. The third-order valence-electron chi connectivity index (χ3n) is 4.72. The second-order valence-corrected chi connectivity index (χ2v) is 5.95. The van der Waals surface area contributed by atoms with Gasteiger partial charge >= 0.3 is 0 Å². The van der Waals surface area contributed by atoms with Crippen LogP contribution in [0.4, 0.5) is 0 Å². The van der Waals surface area contributed by atoms with Gasteiger partial charge in [-0.05, 0) is 44.1 Å². The SMILES string of the molecule is CCC(C)n1ccc(CNC2CCC(C)C2C)n1. The summed E-state index contributed by atoms with van der Waals surface area (Å²) in [4.78, 5) is 0. The van der Waals surface area contributed by atoms with E-state index in [1.54, 1.807) is 0 Å². The summed E-state index contributed by atoms with van der Waals surface area (Å²) in [5.74, 6) is 1.65. The molecule has 1 aromatic rings. The largest absolute Gasteiger partial charge is 0.308 e. The van der Waals surface area contributed by atoms with Crippen LogP contribution in [0.15, 0.2) is 12.3 Å². The average Bonchev–Trinajstić information content (AvgIpc) is 2.96. The molecule has 1 saturated carbocycles. The van der Waals surface area contributed by atoms with Crippen molar-refractivity contribution >= 4 is 0 Å². The van der Waals surface area contributed by atoms with E-state index in [4.69, 9.17) is 0 Å². The molecular formula is C15H27N3. The molecule has 0 saturated heterocycles. The van der Waals surface area contributed by atoms with Crippen LogP contribution in [0.1, 0.15) is 58.7 Å². The van der Waals surface area contributed by atoms with Crippen molar-refractivity contribution in [3.8, 4) is 0 Å². The first kappa shape index (κ1) is 13.6. The first-order chi connectivity index (χ1) is 8.61. The molecule has 0 radical (unpaired) electrons. The summed E-state index contributed by atoms with van der Waals surface area (Å²) in [5.41, 5.74) is 1.17. The molecule has 4 unspecified atom stereocenters. The standard InChI is InChI=1S/C15H27N3/c1-5-12(3)18-9-8-14(17-18)10-16-15-7-6-11(2)13(15)4/h8-9,11-13,15-16H,5-7,10H2,1-4H3. The highest BCUT2D eigenvalue weighted by molar-refractivity contribution is 5.00. The van der Waals surface area contributed by atoms with E-state index in [9.17, 15) is 0 Å². The lowest BCUT2D eigenvalue weighted by molar-refractivity contribution is 0.367. The molecule has 0 bridgehead atoms. The monoisotopic (exact) mass is 249 g/mol. The predicted octanol–water partition coefficient (Wildman–Crippen LogP) is 3.38. The van der Waals surface area contributed by atoms with Crippen LogP contribution in [-0.4, -0.2) is 15.8 Å². The molecule has 3 nitrogen and oxygen atoms in total. The third-order valence-corrected chi connectivity index (χ3v) is 4.72. The molecule has 1 aromatic heterocycles. The molecule has 18 heavy (non-hydrogen) atoms. The summed E-state index contributed by atoms with van der Waals surface area (Å²) in [7, 11) is 0. The van der Waals surface area contributed by atoms with Gasteiger partial charge in [-0.15, -0.1) is 0 Å². The second kappa shape index (κ2) is 5.87. The van der Waals surface area contributed by atoms with Crippen LogP contribution in [-0.2, 0) is 6.54 Å². The van der Waals surface area contributed by atoms with Crippen LogP contribution in [0, 0.1) is 11.8 Å². The maximum atomic E-state index is 4.64. The molecule has 3 heteroatoms. The van der Waals surface area contributed by atoms with Crippen LogP contribution in [0.25, 0.3) is 0 Å². The average molecular weight is 249 g/mol. The summed E-state index contributed by atoms with van der Waals surface area (Å²) in [6.07, 6.45) is 5.91. The van der Waals surface area contributed by atoms with E-state index < -0.39 is 0 Å². The highest BCUT2D eigenvalue weighted by atomic mass is 15.3. The van der Waals surface area contributed by atoms with E-state index in [0.717, 1.165) is 24.8 Å². The van der Waals surface area contributed by atoms with Gasteiger partial charge in [0.1, 0.15) is 0 Å². The minimum Gasteiger partial charge on any atom is -0.308 e. The predicted molar refractivity (Wildman–Crippen MR) is 75.4 cm³/mol. The van der Waals surface area contributed by atoms with Crippen LogP contribution < -0.4 is 5.32 Å². The number of hydrogen-bond acceptors (Lipinski definition) is 2. The van der Waals surface area contributed by atoms with E-state index in [1.807, 2.05) is 0 Å². The Morgan fingerprint density at radius 2 is 2.22 bits per heavy atom. The molecule has 4 atom stereocenters. The zero-order valence-electron chi connectivity index (χ0n) is 12.2. The number of nitrogens with zero attached hydrogens (tertiary/aromatic N) is 2. The third kappa shape index (κ3) is 2.94. The smallest absolute Gasteiger partial charge is 0.0762 e. The van der Waals surface area contributed by atoms with Crippen molar-refractivity contribution in [3.05, 3.63) is 18.0 Å². The molecule has 102 valence electrons. The minimum atomic E-state index is 0.504. The zero-order valence-corrected chi connectivity index (χ0v) is 12.2. The van der Waals surface area contributed by atoms with Gasteiger partial charge < -0.3 is 5.32 Å². The molecule has 1 fully saturated rings. The molecule has 0 aromatic carbocycles. The fourth-order valence-corrected chi connectivity index (χ4v) is 2.79. The molecule has 0 aliphatic heterocycles. The van der Waals surface area contributed by atoms with Gasteiger partial charge in [0.25, 0.3) is 0 Å². The van der Waals surface area contributed by atoms with Crippen molar-refractivity contribution in [1.29, 1.82) is 0 Å². The van der Waals surface area contributed by atoms with Gasteiger partial charge in [-0.3, -0.25) is 4.68 Å².